The molecule has 4 nitrogen and oxygen atoms in total. The minimum atomic E-state index is -0.532. The third-order valence-corrected chi connectivity index (χ3v) is 3.71. The van der Waals surface area contributed by atoms with Crippen LogP contribution in [-0.2, 0) is 4.74 Å². The first kappa shape index (κ1) is 11.1. The van der Waals surface area contributed by atoms with Crippen LogP contribution in [0.4, 0.5) is 0 Å². The summed E-state index contributed by atoms with van der Waals surface area (Å²) in [5.41, 5.74) is 0.726. The predicted octanol–water partition coefficient (Wildman–Crippen LogP) is 1.02. The Balaban J connectivity index is 1.51. The van der Waals surface area contributed by atoms with Gasteiger partial charge in [0, 0.05) is 18.8 Å². The van der Waals surface area contributed by atoms with Gasteiger partial charge in [0.1, 0.15) is 6.10 Å². The van der Waals surface area contributed by atoms with Crippen molar-refractivity contribution in [2.45, 2.75) is 43.6 Å². The number of pyridine rings is 1. The molecule has 2 saturated heterocycles. The molecule has 2 fully saturated rings. The molecule has 0 saturated carbocycles. The molecule has 2 bridgehead atoms. The number of ether oxygens (including phenoxy) is 1. The Morgan fingerprint density at radius 3 is 3.06 bits per heavy atom. The average Bonchev–Trinajstić information content (AvgIpc) is 2.99. The van der Waals surface area contributed by atoms with Crippen LogP contribution in [-0.4, -0.2) is 34.9 Å². The molecule has 3 rings (SSSR count). The minimum Gasteiger partial charge on any atom is -0.385 e. The Hall–Kier alpha value is -0.970. The summed E-state index contributed by atoms with van der Waals surface area (Å²) in [5, 5.41) is 13.4. The Kier molecular flexibility index (Phi) is 3.09. The Morgan fingerprint density at radius 1 is 1.47 bits per heavy atom. The van der Waals surface area contributed by atoms with Crippen LogP contribution in [0.3, 0.4) is 0 Å². The topological polar surface area (TPSA) is 54.4 Å². The number of fused-ring (bicyclic) bond motifs is 2. The average molecular weight is 234 g/mol. The van der Waals surface area contributed by atoms with Gasteiger partial charge >= 0.3 is 0 Å². The molecule has 0 aromatic carbocycles. The van der Waals surface area contributed by atoms with E-state index in [4.69, 9.17) is 4.74 Å². The lowest BCUT2D eigenvalue weighted by molar-refractivity contribution is 0.0940. The fraction of sp³-hybridized carbons (Fsp3) is 0.615. The first-order valence-corrected chi connectivity index (χ1v) is 6.31. The molecule has 2 N–H and O–H groups in total. The molecular formula is C13H18N2O2. The summed E-state index contributed by atoms with van der Waals surface area (Å²) in [5.74, 6) is 0. The van der Waals surface area contributed by atoms with Gasteiger partial charge in [-0.1, -0.05) is 6.07 Å². The van der Waals surface area contributed by atoms with E-state index in [0.717, 1.165) is 18.5 Å². The molecule has 2 aliphatic heterocycles. The number of hydrogen-bond donors (Lipinski definition) is 2. The Morgan fingerprint density at radius 2 is 2.41 bits per heavy atom. The number of aromatic nitrogens is 1. The van der Waals surface area contributed by atoms with Gasteiger partial charge in [-0.25, -0.2) is 0 Å². The van der Waals surface area contributed by atoms with Gasteiger partial charge in [0.2, 0.25) is 0 Å². The summed E-state index contributed by atoms with van der Waals surface area (Å²) in [6, 6.07) is 6.01. The summed E-state index contributed by atoms with van der Waals surface area (Å²) < 4.78 is 5.76. The van der Waals surface area contributed by atoms with Gasteiger partial charge in [-0.05, 0) is 31.4 Å². The van der Waals surface area contributed by atoms with E-state index in [1.807, 2.05) is 18.2 Å². The third-order valence-electron chi connectivity index (χ3n) is 3.71. The molecule has 0 amide bonds. The van der Waals surface area contributed by atoms with Crippen molar-refractivity contribution in [1.29, 1.82) is 0 Å². The maximum absolute atomic E-state index is 9.99. The molecule has 0 spiro atoms. The Bertz CT molecular complexity index is 371. The van der Waals surface area contributed by atoms with Gasteiger partial charge in [0.05, 0.1) is 17.9 Å². The fourth-order valence-electron chi connectivity index (χ4n) is 2.79. The molecule has 0 radical (unpaired) electrons. The van der Waals surface area contributed by atoms with Crippen LogP contribution in [0.25, 0.3) is 0 Å². The second-order valence-electron chi connectivity index (χ2n) is 4.89. The van der Waals surface area contributed by atoms with Crippen LogP contribution in [0.1, 0.15) is 31.1 Å². The van der Waals surface area contributed by atoms with Crippen molar-refractivity contribution in [3.63, 3.8) is 0 Å². The first-order chi connectivity index (χ1) is 8.33. The zero-order chi connectivity index (χ0) is 11.7. The van der Waals surface area contributed by atoms with E-state index in [9.17, 15) is 5.11 Å². The molecule has 3 heterocycles. The molecule has 4 heteroatoms. The third kappa shape index (κ3) is 2.34. The highest BCUT2D eigenvalue weighted by Gasteiger charge is 2.40. The number of nitrogens with zero attached hydrogens (tertiary/aromatic N) is 1. The fourth-order valence-corrected chi connectivity index (χ4v) is 2.79. The number of aliphatic hydroxyl groups is 1. The molecule has 4 atom stereocenters. The molecular weight excluding hydrogens is 216 g/mol. The van der Waals surface area contributed by atoms with Gasteiger partial charge in [0.25, 0.3) is 0 Å². The molecule has 0 aliphatic carbocycles. The first-order valence-electron chi connectivity index (χ1n) is 6.31. The lowest BCUT2D eigenvalue weighted by atomic mass is 9.95. The van der Waals surface area contributed by atoms with Crippen LogP contribution in [0.2, 0.25) is 0 Å². The lowest BCUT2D eigenvalue weighted by Gasteiger charge is -2.21. The monoisotopic (exact) mass is 234 g/mol. The van der Waals surface area contributed by atoms with E-state index in [1.54, 1.807) is 6.20 Å². The van der Waals surface area contributed by atoms with Gasteiger partial charge in [-0.3, -0.25) is 4.98 Å². The Labute approximate surface area is 101 Å². The van der Waals surface area contributed by atoms with E-state index in [0.29, 0.717) is 24.8 Å². The van der Waals surface area contributed by atoms with Gasteiger partial charge in [-0.15, -0.1) is 0 Å². The number of hydrogen-bond acceptors (Lipinski definition) is 4. The summed E-state index contributed by atoms with van der Waals surface area (Å²) in [7, 11) is 0. The van der Waals surface area contributed by atoms with Gasteiger partial charge in [-0.2, -0.15) is 0 Å². The zero-order valence-electron chi connectivity index (χ0n) is 9.75. The van der Waals surface area contributed by atoms with Crippen LogP contribution in [0, 0.1) is 0 Å². The van der Waals surface area contributed by atoms with Crippen molar-refractivity contribution in [2.75, 3.05) is 6.54 Å². The molecule has 1 unspecified atom stereocenters. The maximum Gasteiger partial charge on any atom is 0.108 e. The van der Waals surface area contributed by atoms with Crippen molar-refractivity contribution in [3.05, 3.63) is 30.1 Å². The van der Waals surface area contributed by atoms with Crippen molar-refractivity contribution in [2.24, 2.45) is 0 Å². The zero-order valence-corrected chi connectivity index (χ0v) is 9.75. The van der Waals surface area contributed by atoms with E-state index in [-0.39, 0.29) is 0 Å². The standard InChI is InChI=1S/C13H18N2O2/c16-12(10-3-1-2-6-14-10)8-15-11-7-9-4-5-13(11)17-9/h1-3,6,9,11-13,15-16H,4-5,7-8H2/t9-,11-,12?,13+/m1/s1. The largest absolute Gasteiger partial charge is 0.385 e. The molecule has 17 heavy (non-hydrogen) atoms. The summed E-state index contributed by atoms with van der Waals surface area (Å²) in [6.07, 6.45) is 5.42. The number of aliphatic hydroxyl groups excluding tert-OH is 1. The van der Waals surface area contributed by atoms with Crippen LogP contribution in [0.15, 0.2) is 24.4 Å². The molecule has 1 aromatic rings. The molecule has 1 aromatic heterocycles. The van der Waals surface area contributed by atoms with E-state index in [1.165, 1.54) is 6.42 Å². The van der Waals surface area contributed by atoms with Gasteiger partial charge < -0.3 is 15.2 Å². The van der Waals surface area contributed by atoms with Crippen molar-refractivity contribution >= 4 is 0 Å². The SMILES string of the molecule is OC(CN[C@@H]1C[C@H]2CC[C@@H]1O2)c1ccccn1. The van der Waals surface area contributed by atoms with Crippen LogP contribution in [0.5, 0.6) is 0 Å². The van der Waals surface area contributed by atoms with Gasteiger partial charge in [0.15, 0.2) is 0 Å². The van der Waals surface area contributed by atoms with Crippen LogP contribution >= 0.6 is 0 Å². The quantitative estimate of drug-likeness (QED) is 0.817. The summed E-state index contributed by atoms with van der Waals surface area (Å²) >= 11 is 0. The van der Waals surface area contributed by atoms with E-state index >= 15 is 0 Å². The summed E-state index contributed by atoms with van der Waals surface area (Å²) in [6.45, 7) is 0.550. The van der Waals surface area contributed by atoms with Crippen molar-refractivity contribution in [3.8, 4) is 0 Å². The van der Waals surface area contributed by atoms with Crippen LogP contribution < -0.4 is 5.32 Å². The highest BCUT2D eigenvalue weighted by atomic mass is 16.5. The number of nitrogens with one attached hydrogen (secondary N) is 1. The van der Waals surface area contributed by atoms with E-state index < -0.39 is 6.10 Å². The van der Waals surface area contributed by atoms with Crippen molar-refractivity contribution < 1.29 is 9.84 Å². The minimum absolute atomic E-state index is 0.357. The van der Waals surface area contributed by atoms with Crippen molar-refractivity contribution in [1.82, 2.24) is 10.3 Å². The second kappa shape index (κ2) is 4.72. The lowest BCUT2D eigenvalue weighted by Crippen LogP contribution is -2.39. The van der Waals surface area contributed by atoms with E-state index in [2.05, 4.69) is 10.3 Å². The normalized spacial score (nSPS) is 32.9. The molecule has 92 valence electrons. The molecule has 2 aliphatic rings. The second-order valence-corrected chi connectivity index (χ2v) is 4.89. The maximum atomic E-state index is 9.99. The highest BCUT2D eigenvalue weighted by Crippen LogP contribution is 2.34. The smallest absolute Gasteiger partial charge is 0.108 e. The predicted molar refractivity (Wildman–Crippen MR) is 63.5 cm³/mol. The number of rotatable bonds is 4. The highest BCUT2D eigenvalue weighted by molar-refractivity contribution is 5.07. The summed E-state index contributed by atoms with van der Waals surface area (Å²) in [4.78, 5) is 4.15.